The molecule has 5 nitrogen and oxygen atoms in total. The van der Waals surface area contributed by atoms with Gasteiger partial charge in [0.25, 0.3) is 0 Å². The van der Waals surface area contributed by atoms with Crippen LogP contribution in [0, 0.1) is 11.8 Å². The number of hydrogen-bond donors (Lipinski definition) is 1. The summed E-state index contributed by atoms with van der Waals surface area (Å²) in [6, 6.07) is 0. The van der Waals surface area contributed by atoms with E-state index in [1.54, 1.807) is 6.20 Å². The van der Waals surface area contributed by atoms with Gasteiger partial charge in [0, 0.05) is 12.5 Å². The van der Waals surface area contributed by atoms with Crippen molar-refractivity contribution in [1.29, 1.82) is 0 Å². The SMILES string of the molecule is CCCn1nncc1C1CC(C)CCC1C(=O)O. The van der Waals surface area contributed by atoms with Crippen molar-refractivity contribution in [2.45, 2.75) is 52.0 Å². The van der Waals surface area contributed by atoms with E-state index in [1.165, 1.54) is 0 Å². The van der Waals surface area contributed by atoms with E-state index in [9.17, 15) is 9.90 Å². The quantitative estimate of drug-likeness (QED) is 0.891. The highest BCUT2D eigenvalue weighted by molar-refractivity contribution is 5.71. The largest absolute Gasteiger partial charge is 0.481 e. The van der Waals surface area contributed by atoms with Gasteiger partial charge in [0.05, 0.1) is 17.8 Å². The topological polar surface area (TPSA) is 68.0 Å². The molecule has 0 amide bonds. The number of aliphatic carboxylic acids is 1. The number of carboxylic acids is 1. The molecule has 3 unspecified atom stereocenters. The Morgan fingerprint density at radius 3 is 3.00 bits per heavy atom. The third kappa shape index (κ3) is 2.54. The molecule has 1 aromatic rings. The summed E-state index contributed by atoms with van der Waals surface area (Å²) in [5.74, 6) is -0.324. The van der Waals surface area contributed by atoms with Crippen LogP contribution < -0.4 is 0 Å². The Hall–Kier alpha value is -1.39. The van der Waals surface area contributed by atoms with Crippen molar-refractivity contribution in [2.24, 2.45) is 11.8 Å². The first-order valence-corrected chi connectivity index (χ1v) is 6.74. The Labute approximate surface area is 107 Å². The molecule has 1 N–H and O–H groups in total. The summed E-state index contributed by atoms with van der Waals surface area (Å²) in [4.78, 5) is 11.4. The van der Waals surface area contributed by atoms with Crippen LogP contribution in [0.15, 0.2) is 6.20 Å². The molecule has 0 radical (unpaired) electrons. The van der Waals surface area contributed by atoms with Crippen LogP contribution in [0.25, 0.3) is 0 Å². The molecule has 0 saturated heterocycles. The second-order valence-corrected chi connectivity index (χ2v) is 5.35. The molecule has 0 aliphatic heterocycles. The van der Waals surface area contributed by atoms with Crippen LogP contribution in [0.5, 0.6) is 0 Å². The Morgan fingerprint density at radius 2 is 2.33 bits per heavy atom. The Morgan fingerprint density at radius 1 is 1.56 bits per heavy atom. The fraction of sp³-hybridized carbons (Fsp3) is 0.769. The number of carbonyl (C=O) groups is 1. The molecule has 18 heavy (non-hydrogen) atoms. The van der Waals surface area contributed by atoms with Crippen LogP contribution in [0.3, 0.4) is 0 Å². The van der Waals surface area contributed by atoms with Crippen LogP contribution in [0.4, 0.5) is 0 Å². The summed E-state index contributed by atoms with van der Waals surface area (Å²) in [6.45, 7) is 5.09. The van der Waals surface area contributed by atoms with Gasteiger partial charge in [-0.15, -0.1) is 5.10 Å². The van der Waals surface area contributed by atoms with Crippen molar-refractivity contribution < 1.29 is 9.90 Å². The Kier molecular flexibility index (Phi) is 3.99. The summed E-state index contributed by atoms with van der Waals surface area (Å²) >= 11 is 0. The first-order chi connectivity index (χ1) is 8.63. The second kappa shape index (κ2) is 5.50. The lowest BCUT2D eigenvalue weighted by Crippen LogP contribution is -2.30. The summed E-state index contributed by atoms with van der Waals surface area (Å²) in [6.07, 6.45) is 5.42. The van der Waals surface area contributed by atoms with Crippen molar-refractivity contribution in [3.8, 4) is 0 Å². The van der Waals surface area contributed by atoms with Crippen LogP contribution in [-0.2, 0) is 11.3 Å². The second-order valence-electron chi connectivity index (χ2n) is 5.35. The summed E-state index contributed by atoms with van der Waals surface area (Å²) < 4.78 is 1.87. The zero-order chi connectivity index (χ0) is 13.1. The molecule has 1 aromatic heterocycles. The molecule has 1 saturated carbocycles. The number of aromatic nitrogens is 3. The lowest BCUT2D eigenvalue weighted by atomic mass is 9.73. The van der Waals surface area contributed by atoms with Gasteiger partial charge < -0.3 is 5.11 Å². The van der Waals surface area contributed by atoms with Gasteiger partial charge >= 0.3 is 5.97 Å². The van der Waals surface area contributed by atoms with Gasteiger partial charge in [0.1, 0.15) is 0 Å². The summed E-state index contributed by atoms with van der Waals surface area (Å²) in [7, 11) is 0. The van der Waals surface area contributed by atoms with Gasteiger partial charge in [-0.25, -0.2) is 4.68 Å². The average Bonchev–Trinajstić information content (AvgIpc) is 2.77. The number of rotatable bonds is 4. The van der Waals surface area contributed by atoms with Gasteiger partial charge in [-0.2, -0.15) is 0 Å². The van der Waals surface area contributed by atoms with Crippen molar-refractivity contribution in [2.75, 3.05) is 0 Å². The van der Waals surface area contributed by atoms with E-state index >= 15 is 0 Å². The number of nitrogens with zero attached hydrogens (tertiary/aromatic N) is 3. The predicted molar refractivity (Wildman–Crippen MR) is 67.2 cm³/mol. The first kappa shape index (κ1) is 13.1. The molecule has 5 heteroatoms. The molecule has 1 heterocycles. The molecule has 0 bridgehead atoms. The van der Waals surface area contributed by atoms with Gasteiger partial charge in [0.15, 0.2) is 0 Å². The molecule has 1 aliphatic rings. The maximum absolute atomic E-state index is 11.4. The number of hydrogen-bond acceptors (Lipinski definition) is 3. The molecule has 100 valence electrons. The molecule has 0 aromatic carbocycles. The highest BCUT2D eigenvalue weighted by atomic mass is 16.4. The van der Waals surface area contributed by atoms with Crippen LogP contribution in [0.2, 0.25) is 0 Å². The lowest BCUT2D eigenvalue weighted by Gasteiger charge is -2.32. The first-order valence-electron chi connectivity index (χ1n) is 6.74. The van der Waals surface area contributed by atoms with Crippen LogP contribution in [-0.4, -0.2) is 26.1 Å². The lowest BCUT2D eigenvalue weighted by molar-refractivity contribution is -0.143. The van der Waals surface area contributed by atoms with E-state index in [0.29, 0.717) is 5.92 Å². The zero-order valence-corrected chi connectivity index (χ0v) is 11.0. The van der Waals surface area contributed by atoms with Gasteiger partial charge in [-0.3, -0.25) is 4.79 Å². The predicted octanol–water partition coefficient (Wildman–Crippen LogP) is 2.29. The molecule has 0 spiro atoms. The van der Waals surface area contributed by atoms with Crippen molar-refractivity contribution in [3.05, 3.63) is 11.9 Å². The smallest absolute Gasteiger partial charge is 0.307 e. The van der Waals surface area contributed by atoms with Crippen LogP contribution in [0.1, 0.15) is 51.1 Å². The summed E-state index contributed by atoms with van der Waals surface area (Å²) in [5.41, 5.74) is 0.996. The fourth-order valence-electron chi connectivity index (χ4n) is 2.94. The summed E-state index contributed by atoms with van der Waals surface area (Å²) in [5, 5.41) is 17.4. The molecule has 2 rings (SSSR count). The average molecular weight is 251 g/mol. The number of aryl methyl sites for hydroxylation is 1. The normalized spacial score (nSPS) is 28.2. The van der Waals surface area contributed by atoms with E-state index in [4.69, 9.17) is 0 Å². The van der Waals surface area contributed by atoms with Crippen molar-refractivity contribution in [1.82, 2.24) is 15.0 Å². The minimum absolute atomic E-state index is 0.0628. The van der Waals surface area contributed by atoms with Gasteiger partial charge in [-0.05, 0) is 31.6 Å². The minimum atomic E-state index is -0.684. The fourth-order valence-corrected chi connectivity index (χ4v) is 2.94. The maximum atomic E-state index is 11.4. The highest BCUT2D eigenvalue weighted by Gasteiger charge is 2.36. The minimum Gasteiger partial charge on any atom is -0.481 e. The van der Waals surface area contributed by atoms with Crippen LogP contribution >= 0.6 is 0 Å². The van der Waals surface area contributed by atoms with E-state index in [0.717, 1.165) is 37.9 Å². The van der Waals surface area contributed by atoms with Gasteiger partial charge in [-0.1, -0.05) is 19.1 Å². The Bertz CT molecular complexity index is 416. The van der Waals surface area contributed by atoms with Gasteiger partial charge in [0.2, 0.25) is 0 Å². The van der Waals surface area contributed by atoms with Crippen molar-refractivity contribution >= 4 is 5.97 Å². The molecule has 1 fully saturated rings. The van der Waals surface area contributed by atoms with E-state index in [1.807, 2.05) is 4.68 Å². The highest BCUT2D eigenvalue weighted by Crippen LogP contribution is 2.40. The molecule has 3 atom stereocenters. The maximum Gasteiger partial charge on any atom is 0.307 e. The molecule has 1 aliphatic carbocycles. The molecular formula is C13H21N3O2. The third-order valence-electron chi connectivity index (χ3n) is 3.89. The van der Waals surface area contributed by atoms with E-state index in [2.05, 4.69) is 24.2 Å². The third-order valence-corrected chi connectivity index (χ3v) is 3.89. The van der Waals surface area contributed by atoms with E-state index in [-0.39, 0.29) is 11.8 Å². The number of carboxylic acid groups (broad SMARTS) is 1. The molecular weight excluding hydrogens is 230 g/mol. The zero-order valence-electron chi connectivity index (χ0n) is 11.0. The monoisotopic (exact) mass is 251 g/mol. The Balaban J connectivity index is 2.26. The van der Waals surface area contributed by atoms with E-state index < -0.39 is 5.97 Å². The standard InChI is InChI=1S/C13H21N3O2/c1-3-6-16-12(8-14-15-16)11-7-9(2)4-5-10(11)13(17)18/h8-11H,3-7H2,1-2H3,(H,17,18). The van der Waals surface area contributed by atoms with Crippen molar-refractivity contribution in [3.63, 3.8) is 0 Å².